The van der Waals surface area contributed by atoms with Gasteiger partial charge in [0.2, 0.25) is 0 Å². The van der Waals surface area contributed by atoms with E-state index in [9.17, 15) is 0 Å². The average Bonchev–Trinajstić information content (AvgIpc) is 2.08. The van der Waals surface area contributed by atoms with Crippen molar-refractivity contribution in [3.05, 3.63) is 0 Å². The molecule has 0 amide bonds. The van der Waals surface area contributed by atoms with Crippen LogP contribution in [0.1, 0.15) is 32.1 Å². The third kappa shape index (κ3) is 5.22. The summed E-state index contributed by atoms with van der Waals surface area (Å²) in [6.45, 7) is 4.70. The largest absolute Gasteiger partial charge is 0.315 e. The zero-order chi connectivity index (χ0) is 7.78. The molecule has 66 valence electrons. The fraction of sp³-hybridized carbons (Fsp3) is 1.00. The highest BCUT2D eigenvalue weighted by Crippen LogP contribution is 2.01. The maximum atomic E-state index is 3.42. The van der Waals surface area contributed by atoms with Crippen LogP contribution in [0, 0.1) is 0 Å². The minimum Gasteiger partial charge on any atom is -0.315 e. The smallest absolute Gasteiger partial charge is 0.00767 e. The van der Waals surface area contributed by atoms with Crippen LogP contribution in [0.15, 0.2) is 0 Å². The Morgan fingerprint density at radius 2 is 0.909 bits per heavy atom. The SMILES string of the molecule is C1CCCNCCNCCC1. The predicted molar refractivity (Wildman–Crippen MR) is 48.8 cm³/mol. The van der Waals surface area contributed by atoms with Gasteiger partial charge in [-0.3, -0.25) is 0 Å². The van der Waals surface area contributed by atoms with Crippen molar-refractivity contribution in [1.29, 1.82) is 0 Å². The van der Waals surface area contributed by atoms with Crippen LogP contribution in [0.3, 0.4) is 0 Å². The Balaban J connectivity index is 2.02. The second-order valence-corrected chi connectivity index (χ2v) is 3.27. The Labute approximate surface area is 69.8 Å². The number of hydrogen-bond acceptors (Lipinski definition) is 2. The molecule has 1 aliphatic heterocycles. The summed E-state index contributed by atoms with van der Waals surface area (Å²) in [4.78, 5) is 0. The van der Waals surface area contributed by atoms with E-state index in [-0.39, 0.29) is 0 Å². The molecule has 1 rings (SSSR count). The zero-order valence-electron chi connectivity index (χ0n) is 7.36. The van der Waals surface area contributed by atoms with E-state index in [0.29, 0.717) is 0 Å². The minimum absolute atomic E-state index is 1.14. The molecule has 0 aliphatic carbocycles. The fourth-order valence-electron chi connectivity index (χ4n) is 1.46. The lowest BCUT2D eigenvalue weighted by molar-refractivity contribution is 0.599. The molecule has 2 heteroatoms. The third-order valence-electron chi connectivity index (χ3n) is 2.19. The van der Waals surface area contributed by atoms with E-state index in [0.717, 1.165) is 13.1 Å². The predicted octanol–water partition coefficient (Wildman–Crippen LogP) is 1.13. The first kappa shape index (κ1) is 9.01. The lowest BCUT2D eigenvalue weighted by atomic mass is 10.1. The van der Waals surface area contributed by atoms with Crippen LogP contribution in [0.5, 0.6) is 0 Å². The van der Waals surface area contributed by atoms with E-state index >= 15 is 0 Å². The Hall–Kier alpha value is -0.0800. The number of nitrogens with one attached hydrogen (secondary N) is 2. The first-order chi connectivity index (χ1) is 5.50. The van der Waals surface area contributed by atoms with Gasteiger partial charge < -0.3 is 10.6 Å². The molecular weight excluding hydrogens is 136 g/mol. The number of rotatable bonds is 0. The average molecular weight is 156 g/mol. The van der Waals surface area contributed by atoms with Crippen LogP contribution in [-0.2, 0) is 0 Å². The van der Waals surface area contributed by atoms with Gasteiger partial charge in [0.05, 0.1) is 0 Å². The first-order valence-electron chi connectivity index (χ1n) is 4.91. The Kier molecular flexibility index (Phi) is 5.42. The molecular formula is C9H20N2. The van der Waals surface area contributed by atoms with Crippen molar-refractivity contribution >= 4 is 0 Å². The molecule has 0 saturated carbocycles. The minimum atomic E-state index is 1.14. The van der Waals surface area contributed by atoms with Gasteiger partial charge in [-0.1, -0.05) is 19.3 Å². The van der Waals surface area contributed by atoms with Crippen LogP contribution < -0.4 is 10.6 Å². The van der Waals surface area contributed by atoms with Crippen LogP contribution in [-0.4, -0.2) is 26.2 Å². The maximum absolute atomic E-state index is 3.42. The molecule has 11 heavy (non-hydrogen) atoms. The summed E-state index contributed by atoms with van der Waals surface area (Å²) in [5.74, 6) is 0. The summed E-state index contributed by atoms with van der Waals surface area (Å²) in [5.41, 5.74) is 0. The first-order valence-corrected chi connectivity index (χ1v) is 4.91. The molecule has 0 aromatic rings. The summed E-state index contributed by atoms with van der Waals surface area (Å²) >= 11 is 0. The summed E-state index contributed by atoms with van der Waals surface area (Å²) in [5, 5.41) is 6.84. The summed E-state index contributed by atoms with van der Waals surface area (Å²) in [7, 11) is 0. The zero-order valence-corrected chi connectivity index (χ0v) is 7.36. The summed E-state index contributed by atoms with van der Waals surface area (Å²) < 4.78 is 0. The molecule has 2 N–H and O–H groups in total. The lowest BCUT2D eigenvalue weighted by Gasteiger charge is -2.03. The van der Waals surface area contributed by atoms with Crippen LogP contribution in [0.25, 0.3) is 0 Å². The molecule has 1 fully saturated rings. The molecule has 0 spiro atoms. The van der Waals surface area contributed by atoms with Gasteiger partial charge in [0.1, 0.15) is 0 Å². The molecule has 1 aliphatic rings. The highest BCUT2D eigenvalue weighted by molar-refractivity contribution is 4.56. The highest BCUT2D eigenvalue weighted by Gasteiger charge is 1.94. The van der Waals surface area contributed by atoms with E-state index in [4.69, 9.17) is 0 Å². The van der Waals surface area contributed by atoms with Gasteiger partial charge in [-0.05, 0) is 25.9 Å². The second-order valence-electron chi connectivity index (χ2n) is 3.27. The van der Waals surface area contributed by atoms with E-state index in [1.165, 1.54) is 45.2 Å². The topological polar surface area (TPSA) is 24.1 Å². The maximum Gasteiger partial charge on any atom is 0.00767 e. The molecule has 0 bridgehead atoms. The molecule has 2 nitrogen and oxygen atoms in total. The Bertz CT molecular complexity index is 45.6. The van der Waals surface area contributed by atoms with Crippen LogP contribution in [0.2, 0.25) is 0 Å². The lowest BCUT2D eigenvalue weighted by Crippen LogP contribution is -2.28. The van der Waals surface area contributed by atoms with Gasteiger partial charge in [0, 0.05) is 13.1 Å². The van der Waals surface area contributed by atoms with Crippen LogP contribution in [0.4, 0.5) is 0 Å². The molecule has 0 unspecified atom stereocenters. The number of hydrogen-bond donors (Lipinski definition) is 2. The van der Waals surface area contributed by atoms with Crippen LogP contribution >= 0.6 is 0 Å². The Morgan fingerprint density at radius 1 is 0.455 bits per heavy atom. The van der Waals surface area contributed by atoms with Crippen molar-refractivity contribution in [2.24, 2.45) is 0 Å². The van der Waals surface area contributed by atoms with Crippen molar-refractivity contribution < 1.29 is 0 Å². The van der Waals surface area contributed by atoms with Gasteiger partial charge in [-0.15, -0.1) is 0 Å². The van der Waals surface area contributed by atoms with Crippen molar-refractivity contribution in [2.45, 2.75) is 32.1 Å². The standard InChI is InChI=1S/C9H20N2/c1-2-4-6-10-8-9-11-7-5-3-1/h10-11H,1-9H2. The van der Waals surface area contributed by atoms with Crippen molar-refractivity contribution in [2.75, 3.05) is 26.2 Å². The molecule has 0 radical (unpaired) electrons. The van der Waals surface area contributed by atoms with E-state index in [2.05, 4.69) is 10.6 Å². The van der Waals surface area contributed by atoms with Gasteiger partial charge in [-0.2, -0.15) is 0 Å². The van der Waals surface area contributed by atoms with E-state index < -0.39 is 0 Å². The Morgan fingerprint density at radius 3 is 1.45 bits per heavy atom. The van der Waals surface area contributed by atoms with Crippen molar-refractivity contribution in [3.63, 3.8) is 0 Å². The van der Waals surface area contributed by atoms with Crippen molar-refractivity contribution in [1.82, 2.24) is 10.6 Å². The van der Waals surface area contributed by atoms with Gasteiger partial charge in [0.25, 0.3) is 0 Å². The highest BCUT2D eigenvalue weighted by atomic mass is 14.9. The molecule has 0 atom stereocenters. The van der Waals surface area contributed by atoms with Gasteiger partial charge in [0.15, 0.2) is 0 Å². The third-order valence-corrected chi connectivity index (χ3v) is 2.19. The summed E-state index contributed by atoms with van der Waals surface area (Å²) in [6.07, 6.45) is 6.96. The van der Waals surface area contributed by atoms with Gasteiger partial charge in [-0.25, -0.2) is 0 Å². The molecule has 0 aromatic heterocycles. The quantitative estimate of drug-likeness (QED) is 0.549. The molecule has 1 heterocycles. The molecule has 0 aromatic carbocycles. The van der Waals surface area contributed by atoms with Crippen molar-refractivity contribution in [3.8, 4) is 0 Å². The fourth-order valence-corrected chi connectivity index (χ4v) is 1.46. The van der Waals surface area contributed by atoms with Gasteiger partial charge >= 0.3 is 0 Å². The second kappa shape index (κ2) is 6.62. The molecule has 1 saturated heterocycles. The van der Waals surface area contributed by atoms with E-state index in [1.54, 1.807) is 0 Å². The monoisotopic (exact) mass is 156 g/mol. The van der Waals surface area contributed by atoms with E-state index in [1.807, 2.05) is 0 Å². The normalized spacial score (nSPS) is 24.0. The summed E-state index contributed by atoms with van der Waals surface area (Å²) in [6, 6.07) is 0.